The Bertz CT molecular complexity index is 592. The molecule has 20 heavy (non-hydrogen) atoms. The van der Waals surface area contributed by atoms with Crippen LogP contribution in [-0.2, 0) is 19.4 Å². The standard InChI is InChI=1S/C13H17NO5S/c1-10-3-5-11(6-4-10)14(8-7-13(16)17)12(15)9-20(2,18)19/h3-6H,7-9H2,1-2H3,(H,16,17). The van der Waals surface area contributed by atoms with Crippen molar-refractivity contribution in [1.82, 2.24) is 0 Å². The van der Waals surface area contributed by atoms with E-state index < -0.39 is 27.5 Å². The molecule has 1 N–H and O–H groups in total. The number of amides is 1. The molecule has 6 nitrogen and oxygen atoms in total. The van der Waals surface area contributed by atoms with Crippen LogP contribution in [0.5, 0.6) is 0 Å². The van der Waals surface area contributed by atoms with E-state index in [1.165, 1.54) is 4.90 Å². The number of benzene rings is 1. The Labute approximate surface area is 117 Å². The molecule has 0 spiro atoms. The van der Waals surface area contributed by atoms with E-state index >= 15 is 0 Å². The van der Waals surface area contributed by atoms with E-state index in [0.717, 1.165) is 11.8 Å². The minimum absolute atomic E-state index is 0.0628. The lowest BCUT2D eigenvalue weighted by atomic mass is 10.2. The van der Waals surface area contributed by atoms with Crippen LogP contribution in [0.4, 0.5) is 5.69 Å². The summed E-state index contributed by atoms with van der Waals surface area (Å²) in [5.74, 6) is -2.31. The summed E-state index contributed by atoms with van der Waals surface area (Å²) in [5.41, 5.74) is 1.48. The molecule has 1 rings (SSSR count). The van der Waals surface area contributed by atoms with E-state index in [-0.39, 0.29) is 13.0 Å². The third kappa shape index (κ3) is 5.40. The lowest BCUT2D eigenvalue weighted by Crippen LogP contribution is -2.37. The molecular formula is C13H17NO5S. The van der Waals surface area contributed by atoms with E-state index in [1.807, 2.05) is 6.92 Å². The number of anilines is 1. The largest absolute Gasteiger partial charge is 0.481 e. The highest BCUT2D eigenvalue weighted by molar-refractivity contribution is 7.91. The van der Waals surface area contributed by atoms with Crippen LogP contribution in [0, 0.1) is 6.92 Å². The van der Waals surface area contributed by atoms with Gasteiger partial charge >= 0.3 is 5.97 Å². The number of carboxylic acid groups (broad SMARTS) is 1. The second-order valence-corrected chi connectivity index (χ2v) is 6.73. The van der Waals surface area contributed by atoms with Gasteiger partial charge in [0.05, 0.1) is 6.42 Å². The molecule has 1 aromatic rings. The Hall–Kier alpha value is -1.89. The van der Waals surface area contributed by atoms with Crippen LogP contribution in [0.15, 0.2) is 24.3 Å². The summed E-state index contributed by atoms with van der Waals surface area (Å²) < 4.78 is 22.4. The van der Waals surface area contributed by atoms with Gasteiger partial charge in [0.2, 0.25) is 5.91 Å². The van der Waals surface area contributed by atoms with Gasteiger partial charge in [-0.05, 0) is 19.1 Å². The highest BCUT2D eigenvalue weighted by atomic mass is 32.2. The number of aliphatic carboxylic acids is 1. The molecule has 1 aromatic carbocycles. The van der Waals surface area contributed by atoms with Crippen molar-refractivity contribution in [2.45, 2.75) is 13.3 Å². The summed E-state index contributed by atoms with van der Waals surface area (Å²) in [7, 11) is -3.46. The van der Waals surface area contributed by atoms with Gasteiger partial charge in [0.15, 0.2) is 9.84 Å². The first-order chi connectivity index (χ1) is 9.19. The minimum atomic E-state index is -3.46. The summed E-state index contributed by atoms with van der Waals surface area (Å²) in [5, 5.41) is 8.71. The van der Waals surface area contributed by atoms with E-state index in [4.69, 9.17) is 5.11 Å². The van der Waals surface area contributed by atoms with Crippen LogP contribution in [0.2, 0.25) is 0 Å². The number of nitrogens with zero attached hydrogens (tertiary/aromatic N) is 1. The van der Waals surface area contributed by atoms with Crippen LogP contribution in [-0.4, -0.2) is 44.0 Å². The zero-order chi connectivity index (χ0) is 15.3. The van der Waals surface area contributed by atoms with Crippen LogP contribution in [0.1, 0.15) is 12.0 Å². The number of sulfone groups is 1. The SMILES string of the molecule is Cc1ccc(N(CCC(=O)O)C(=O)CS(C)(=O)=O)cc1. The number of rotatable bonds is 6. The van der Waals surface area contributed by atoms with Crippen molar-refractivity contribution in [1.29, 1.82) is 0 Å². The van der Waals surface area contributed by atoms with E-state index in [2.05, 4.69) is 0 Å². The van der Waals surface area contributed by atoms with Crippen molar-refractivity contribution in [3.63, 3.8) is 0 Å². The topological polar surface area (TPSA) is 91.8 Å². The Morgan fingerprint density at radius 2 is 1.75 bits per heavy atom. The van der Waals surface area contributed by atoms with Crippen LogP contribution in [0.25, 0.3) is 0 Å². The Morgan fingerprint density at radius 3 is 2.20 bits per heavy atom. The highest BCUT2D eigenvalue weighted by Gasteiger charge is 2.20. The fourth-order valence-electron chi connectivity index (χ4n) is 1.63. The van der Waals surface area contributed by atoms with Crippen LogP contribution >= 0.6 is 0 Å². The molecule has 0 fully saturated rings. The van der Waals surface area contributed by atoms with Gasteiger partial charge in [0.25, 0.3) is 0 Å². The Morgan fingerprint density at radius 1 is 1.20 bits per heavy atom. The third-order valence-corrected chi connectivity index (χ3v) is 3.35. The van der Waals surface area contributed by atoms with Crippen molar-refractivity contribution in [2.24, 2.45) is 0 Å². The number of carboxylic acids is 1. The third-order valence-electron chi connectivity index (χ3n) is 2.58. The number of hydrogen-bond donors (Lipinski definition) is 1. The van der Waals surface area contributed by atoms with Crippen molar-refractivity contribution < 1.29 is 23.1 Å². The van der Waals surface area contributed by atoms with Crippen molar-refractivity contribution >= 4 is 27.4 Å². The Balaban J connectivity index is 2.98. The average molecular weight is 299 g/mol. The van der Waals surface area contributed by atoms with Gasteiger partial charge in [-0.25, -0.2) is 8.42 Å². The maximum Gasteiger partial charge on any atom is 0.305 e. The first-order valence-electron chi connectivity index (χ1n) is 5.95. The van der Waals surface area contributed by atoms with Gasteiger partial charge < -0.3 is 10.0 Å². The molecule has 1 amide bonds. The maximum atomic E-state index is 12.0. The number of aryl methyl sites for hydroxylation is 1. The predicted octanol–water partition coefficient (Wildman–Crippen LogP) is 0.847. The zero-order valence-electron chi connectivity index (χ0n) is 11.4. The lowest BCUT2D eigenvalue weighted by molar-refractivity contribution is -0.136. The fraction of sp³-hybridized carbons (Fsp3) is 0.385. The van der Waals surface area contributed by atoms with E-state index in [1.54, 1.807) is 24.3 Å². The van der Waals surface area contributed by atoms with Gasteiger partial charge in [-0.15, -0.1) is 0 Å². The molecule has 7 heteroatoms. The highest BCUT2D eigenvalue weighted by Crippen LogP contribution is 2.16. The van der Waals surface area contributed by atoms with Crippen molar-refractivity contribution in [3.8, 4) is 0 Å². The smallest absolute Gasteiger partial charge is 0.305 e. The first kappa shape index (κ1) is 16.2. The van der Waals surface area contributed by atoms with Crippen LogP contribution in [0.3, 0.4) is 0 Å². The summed E-state index contributed by atoms with van der Waals surface area (Å²) in [6.07, 6.45) is 0.721. The number of carbonyl (C=O) groups excluding carboxylic acids is 1. The van der Waals surface area contributed by atoms with Crippen molar-refractivity contribution in [2.75, 3.05) is 23.5 Å². The average Bonchev–Trinajstić information content (AvgIpc) is 2.29. The van der Waals surface area contributed by atoms with Crippen LogP contribution < -0.4 is 4.90 Å². The first-order valence-corrected chi connectivity index (χ1v) is 8.01. The summed E-state index contributed by atoms with van der Waals surface area (Å²) in [6.45, 7) is 1.82. The lowest BCUT2D eigenvalue weighted by Gasteiger charge is -2.22. The van der Waals surface area contributed by atoms with Gasteiger partial charge in [-0.3, -0.25) is 9.59 Å². The number of carbonyl (C=O) groups is 2. The monoisotopic (exact) mass is 299 g/mol. The molecule has 0 aliphatic carbocycles. The van der Waals surface area contributed by atoms with Gasteiger partial charge in [-0.2, -0.15) is 0 Å². The molecule has 0 saturated heterocycles. The molecule has 0 aromatic heterocycles. The Kier molecular flexibility index (Phi) is 5.26. The molecule has 110 valence electrons. The summed E-state index contributed by atoms with van der Waals surface area (Å²) in [4.78, 5) is 23.8. The normalized spacial score (nSPS) is 11.1. The van der Waals surface area contributed by atoms with Gasteiger partial charge in [-0.1, -0.05) is 17.7 Å². The van der Waals surface area contributed by atoms with Gasteiger partial charge in [0, 0.05) is 18.5 Å². The quantitative estimate of drug-likeness (QED) is 0.840. The molecular weight excluding hydrogens is 282 g/mol. The zero-order valence-corrected chi connectivity index (χ0v) is 12.2. The second kappa shape index (κ2) is 6.51. The van der Waals surface area contributed by atoms with E-state index in [0.29, 0.717) is 5.69 Å². The second-order valence-electron chi connectivity index (χ2n) is 4.59. The molecule has 0 unspecified atom stereocenters. The summed E-state index contributed by atoms with van der Waals surface area (Å²) >= 11 is 0. The molecule has 0 atom stereocenters. The molecule has 0 radical (unpaired) electrons. The fourth-order valence-corrected chi connectivity index (χ4v) is 2.24. The molecule has 0 bridgehead atoms. The minimum Gasteiger partial charge on any atom is -0.481 e. The molecule has 0 saturated carbocycles. The molecule has 0 aliphatic heterocycles. The molecule has 0 aliphatic rings. The molecule has 0 heterocycles. The summed E-state index contributed by atoms with van der Waals surface area (Å²) in [6, 6.07) is 6.88. The van der Waals surface area contributed by atoms with E-state index in [9.17, 15) is 18.0 Å². The van der Waals surface area contributed by atoms with Gasteiger partial charge in [0.1, 0.15) is 5.75 Å². The predicted molar refractivity (Wildman–Crippen MR) is 75.5 cm³/mol. The number of hydrogen-bond acceptors (Lipinski definition) is 4. The van der Waals surface area contributed by atoms with Crippen molar-refractivity contribution in [3.05, 3.63) is 29.8 Å². The maximum absolute atomic E-state index is 12.0.